The summed E-state index contributed by atoms with van der Waals surface area (Å²) in [7, 11) is 0. The van der Waals surface area contributed by atoms with Crippen molar-refractivity contribution in [3.05, 3.63) is 114 Å². The molecule has 3 aromatic carbocycles. The lowest BCUT2D eigenvalue weighted by atomic mass is 10.2. The van der Waals surface area contributed by atoms with Gasteiger partial charge in [0.05, 0.1) is 0 Å². The molecule has 30 heavy (non-hydrogen) atoms. The highest BCUT2D eigenvalue weighted by Gasteiger charge is 2.07. The highest BCUT2D eigenvalue weighted by atomic mass is 16.5. The fourth-order valence-corrected chi connectivity index (χ4v) is 2.83. The summed E-state index contributed by atoms with van der Waals surface area (Å²) in [5.74, 6) is 2.47. The number of hydrogen-bond acceptors (Lipinski definition) is 4. The number of pyridine rings is 1. The van der Waals surface area contributed by atoms with Crippen LogP contribution < -0.4 is 14.8 Å². The molecule has 0 radical (unpaired) electrons. The first kappa shape index (κ1) is 19.2. The van der Waals surface area contributed by atoms with Gasteiger partial charge in [-0.3, -0.25) is 4.79 Å². The molecule has 5 heteroatoms. The minimum atomic E-state index is -0.155. The van der Waals surface area contributed by atoms with Crippen molar-refractivity contribution < 1.29 is 14.3 Å². The third kappa shape index (κ3) is 5.23. The van der Waals surface area contributed by atoms with Crippen molar-refractivity contribution in [3.63, 3.8) is 0 Å². The molecule has 0 aliphatic carbocycles. The summed E-state index contributed by atoms with van der Waals surface area (Å²) < 4.78 is 11.5. The molecule has 0 unspecified atom stereocenters. The fourth-order valence-electron chi connectivity index (χ4n) is 2.83. The van der Waals surface area contributed by atoms with E-state index in [4.69, 9.17) is 9.47 Å². The van der Waals surface area contributed by atoms with Crippen LogP contribution in [0.15, 0.2) is 103 Å². The number of aromatic nitrogens is 1. The summed E-state index contributed by atoms with van der Waals surface area (Å²) in [5, 5.41) is 2.92. The second-order valence-corrected chi connectivity index (χ2v) is 6.54. The SMILES string of the molecule is O=C(NCc1cccc(Oc2ccccn2)c1)c1ccc(Oc2ccccc2)cc1. The summed E-state index contributed by atoms with van der Waals surface area (Å²) in [4.78, 5) is 16.6. The Morgan fingerprint density at radius 1 is 0.733 bits per heavy atom. The second-order valence-electron chi connectivity index (χ2n) is 6.54. The maximum Gasteiger partial charge on any atom is 0.251 e. The molecule has 0 aliphatic heterocycles. The van der Waals surface area contributed by atoms with E-state index in [-0.39, 0.29) is 5.91 Å². The van der Waals surface area contributed by atoms with Crippen molar-refractivity contribution in [1.29, 1.82) is 0 Å². The van der Waals surface area contributed by atoms with Crippen molar-refractivity contribution in [3.8, 4) is 23.1 Å². The van der Waals surface area contributed by atoms with E-state index in [0.29, 0.717) is 29.5 Å². The lowest BCUT2D eigenvalue weighted by Crippen LogP contribution is -2.22. The van der Waals surface area contributed by atoms with Crippen LogP contribution in [-0.4, -0.2) is 10.9 Å². The number of ether oxygens (including phenoxy) is 2. The van der Waals surface area contributed by atoms with Gasteiger partial charge in [-0.15, -0.1) is 0 Å². The van der Waals surface area contributed by atoms with E-state index in [0.717, 1.165) is 11.3 Å². The van der Waals surface area contributed by atoms with Crippen LogP contribution in [0.25, 0.3) is 0 Å². The molecular weight excluding hydrogens is 376 g/mol. The highest BCUT2D eigenvalue weighted by molar-refractivity contribution is 5.94. The third-order valence-corrected chi connectivity index (χ3v) is 4.31. The van der Waals surface area contributed by atoms with Crippen LogP contribution in [0, 0.1) is 0 Å². The first-order valence-corrected chi connectivity index (χ1v) is 9.55. The Hall–Kier alpha value is -4.12. The molecule has 0 saturated heterocycles. The summed E-state index contributed by atoms with van der Waals surface area (Å²) in [6.45, 7) is 0.389. The van der Waals surface area contributed by atoms with Crippen LogP contribution in [0.1, 0.15) is 15.9 Å². The van der Waals surface area contributed by atoms with Gasteiger partial charge in [0.1, 0.15) is 17.2 Å². The van der Waals surface area contributed by atoms with E-state index in [2.05, 4.69) is 10.3 Å². The Morgan fingerprint density at radius 3 is 2.23 bits per heavy atom. The average Bonchev–Trinajstić information content (AvgIpc) is 2.80. The highest BCUT2D eigenvalue weighted by Crippen LogP contribution is 2.22. The lowest BCUT2D eigenvalue weighted by molar-refractivity contribution is 0.0951. The fraction of sp³-hybridized carbons (Fsp3) is 0.0400. The molecular formula is C25H20N2O3. The van der Waals surface area contributed by atoms with Crippen LogP contribution in [0.5, 0.6) is 23.1 Å². The Labute approximate surface area is 174 Å². The number of carbonyl (C=O) groups is 1. The Morgan fingerprint density at radius 2 is 1.47 bits per heavy atom. The Kier molecular flexibility index (Phi) is 6.01. The van der Waals surface area contributed by atoms with Gasteiger partial charge in [0.25, 0.3) is 5.91 Å². The maximum absolute atomic E-state index is 12.5. The van der Waals surface area contributed by atoms with Crippen LogP contribution in [-0.2, 0) is 6.54 Å². The molecule has 1 heterocycles. The van der Waals surface area contributed by atoms with Gasteiger partial charge >= 0.3 is 0 Å². The summed E-state index contributed by atoms with van der Waals surface area (Å²) >= 11 is 0. The number of hydrogen-bond donors (Lipinski definition) is 1. The number of benzene rings is 3. The molecule has 1 N–H and O–H groups in total. The number of amides is 1. The Balaban J connectivity index is 1.33. The number of carbonyl (C=O) groups excluding carboxylic acids is 1. The summed E-state index contributed by atoms with van der Waals surface area (Å²) in [6.07, 6.45) is 1.68. The predicted octanol–water partition coefficient (Wildman–Crippen LogP) is 5.60. The van der Waals surface area contributed by atoms with Gasteiger partial charge in [-0.1, -0.05) is 36.4 Å². The van der Waals surface area contributed by atoms with Crippen molar-refractivity contribution in [1.82, 2.24) is 10.3 Å². The topological polar surface area (TPSA) is 60.5 Å². The van der Waals surface area contributed by atoms with Gasteiger partial charge in [-0.05, 0) is 60.2 Å². The minimum Gasteiger partial charge on any atom is -0.457 e. The standard InChI is InChI=1S/C25H20N2O3/c28-25(20-12-14-22(15-13-20)29-21-8-2-1-3-9-21)27-18-19-7-6-10-23(17-19)30-24-11-4-5-16-26-24/h1-17H,18H2,(H,27,28). The van der Waals surface area contributed by atoms with Crippen molar-refractivity contribution >= 4 is 5.91 Å². The zero-order chi connectivity index (χ0) is 20.6. The van der Waals surface area contributed by atoms with E-state index in [1.165, 1.54) is 0 Å². The Bertz CT molecular complexity index is 1100. The molecule has 5 nitrogen and oxygen atoms in total. The first-order chi connectivity index (χ1) is 14.8. The van der Waals surface area contributed by atoms with Crippen molar-refractivity contribution in [2.24, 2.45) is 0 Å². The van der Waals surface area contributed by atoms with Gasteiger partial charge < -0.3 is 14.8 Å². The van der Waals surface area contributed by atoms with E-state index in [9.17, 15) is 4.79 Å². The quantitative estimate of drug-likeness (QED) is 0.442. The molecule has 0 bridgehead atoms. The lowest BCUT2D eigenvalue weighted by Gasteiger charge is -2.09. The van der Waals surface area contributed by atoms with Gasteiger partial charge in [0.2, 0.25) is 5.88 Å². The maximum atomic E-state index is 12.5. The van der Waals surface area contributed by atoms with Crippen molar-refractivity contribution in [2.75, 3.05) is 0 Å². The van der Waals surface area contributed by atoms with Gasteiger partial charge in [-0.2, -0.15) is 0 Å². The number of para-hydroxylation sites is 1. The zero-order valence-electron chi connectivity index (χ0n) is 16.2. The first-order valence-electron chi connectivity index (χ1n) is 9.55. The molecule has 0 fully saturated rings. The normalized spacial score (nSPS) is 10.3. The molecule has 1 amide bonds. The number of nitrogens with zero attached hydrogens (tertiary/aromatic N) is 1. The largest absolute Gasteiger partial charge is 0.457 e. The van der Waals surface area contributed by atoms with E-state index in [1.807, 2.05) is 66.7 Å². The number of nitrogens with one attached hydrogen (secondary N) is 1. The van der Waals surface area contributed by atoms with Crippen LogP contribution in [0.3, 0.4) is 0 Å². The minimum absolute atomic E-state index is 0.155. The monoisotopic (exact) mass is 396 g/mol. The number of rotatable bonds is 7. The van der Waals surface area contributed by atoms with Crippen LogP contribution >= 0.6 is 0 Å². The molecule has 148 valence electrons. The second kappa shape index (κ2) is 9.39. The van der Waals surface area contributed by atoms with Gasteiger partial charge in [0.15, 0.2) is 0 Å². The zero-order valence-corrected chi connectivity index (χ0v) is 16.2. The molecule has 0 atom stereocenters. The molecule has 4 rings (SSSR count). The van der Waals surface area contributed by atoms with E-state index < -0.39 is 0 Å². The summed E-state index contributed by atoms with van der Waals surface area (Å²) in [5.41, 5.74) is 1.50. The molecule has 0 saturated carbocycles. The molecule has 0 spiro atoms. The molecule has 1 aromatic heterocycles. The van der Waals surface area contributed by atoms with E-state index >= 15 is 0 Å². The van der Waals surface area contributed by atoms with Gasteiger partial charge in [-0.25, -0.2) is 4.98 Å². The average molecular weight is 396 g/mol. The summed E-state index contributed by atoms with van der Waals surface area (Å²) in [6, 6.07) is 29.6. The smallest absolute Gasteiger partial charge is 0.251 e. The molecule has 4 aromatic rings. The predicted molar refractivity (Wildman–Crippen MR) is 115 cm³/mol. The van der Waals surface area contributed by atoms with E-state index in [1.54, 1.807) is 36.5 Å². The molecule has 0 aliphatic rings. The third-order valence-electron chi connectivity index (χ3n) is 4.31. The van der Waals surface area contributed by atoms with Crippen LogP contribution in [0.2, 0.25) is 0 Å². The van der Waals surface area contributed by atoms with Crippen LogP contribution in [0.4, 0.5) is 0 Å². The van der Waals surface area contributed by atoms with Crippen molar-refractivity contribution in [2.45, 2.75) is 6.54 Å². The van der Waals surface area contributed by atoms with Gasteiger partial charge in [0, 0.05) is 24.4 Å².